The number of hydrogen-bond acceptors (Lipinski definition) is 4. The van der Waals surface area contributed by atoms with Crippen LogP contribution in [0.4, 0.5) is 17.1 Å². The van der Waals surface area contributed by atoms with Gasteiger partial charge in [-0.3, -0.25) is 0 Å². The second-order valence-electron chi connectivity index (χ2n) is 26.9. The molecule has 1 aliphatic carbocycles. The molecule has 0 fully saturated rings. The molecular formula is C97H58BN3OS2. The number of fused-ring (bicyclic) bond motifs is 23. The zero-order chi connectivity index (χ0) is 81.8. The van der Waals surface area contributed by atoms with Gasteiger partial charge in [0.2, 0.25) is 6.71 Å². The van der Waals surface area contributed by atoms with Crippen molar-refractivity contribution in [3.8, 4) is 78.5 Å². The number of benzene rings is 16. The summed E-state index contributed by atoms with van der Waals surface area (Å²) in [6, 6.07) is 78.8. The van der Waals surface area contributed by atoms with E-state index in [1.54, 1.807) is 27.7 Å². The summed E-state index contributed by atoms with van der Waals surface area (Å²) < 4.78 is 164. The van der Waals surface area contributed by atoms with Gasteiger partial charge in [-0.05, 0) is 164 Å². The van der Waals surface area contributed by atoms with Crippen LogP contribution < -0.4 is 26.0 Å². The van der Waals surface area contributed by atoms with Gasteiger partial charge < -0.3 is 18.8 Å². The first kappa shape index (κ1) is 44.6. The number of para-hydroxylation sites is 5. The third kappa shape index (κ3) is 8.16. The standard InChI is InChI=1S/C97H58BN3OS2/c1-4-24-59(25-5-1)64-53-73(60-26-6-2-7-27-60)95(74(54-64)61-28-8-3-9-29-61)101-86-56-65(99-82-39-19-12-32-69(82)70-33-13-20-40-83(70)99)46-47-80(86)98-81-48-51-91-93(96(81)104-92-58-66(57-87(101)94(92)98)100-84-41-21-14-34-71(84)72-35-15-22-42-85(72)100)75-52-62(45-50-90(75)103-91)63-44-49-89-79(55-63)97(78-38-18-23-43-88(78)102-89)76-36-16-10-30-67(76)68-31-11-17-37-77(68)97/h1-58H/i12D,13D,14D,15D,19D,20D,21D,22D,32D,33D,34D,35D,39D,40D,41D,42D. The number of nitrogens with zero attached hydrogens (tertiary/aromatic N) is 3. The average molecular weight is 1370 g/mol. The maximum absolute atomic E-state index is 10.0. The fourth-order valence-corrected chi connectivity index (χ4v) is 20.0. The minimum atomic E-state index is -0.734. The lowest BCUT2D eigenvalue weighted by molar-refractivity contribution is 0.436. The highest BCUT2D eigenvalue weighted by Crippen LogP contribution is 2.63. The van der Waals surface area contributed by atoms with Crippen LogP contribution in [0.25, 0.3) is 131 Å². The number of thiophene rings is 1. The van der Waals surface area contributed by atoms with Crippen molar-refractivity contribution in [3.63, 3.8) is 0 Å². The SMILES string of the molecule is [2H]c1c([2H])c([2H])c2c(c1[2H])c1c([2H])c([2H])c([2H])c([2H])c1n2-c1ccc2c(c1)N(c1c(-c3ccccc3)cc(-c3ccccc3)cc1-c1ccccc1)c1cc(-n3c4c([2H])c([2H])c([2H])c([2H])c4c4c([2H])c([2H])c([2H])c([2H])c43)cc3c1B2c1ccc2sc4ccc(-c5ccc6c(c5)C5(c7ccccc7O6)c6ccccc6-c6ccccc65)cc4c2c1S3. The van der Waals surface area contributed by atoms with Crippen LogP contribution >= 0.6 is 23.1 Å². The van der Waals surface area contributed by atoms with E-state index in [0.717, 1.165) is 131 Å². The molecule has 7 heteroatoms. The summed E-state index contributed by atoms with van der Waals surface area (Å²) in [6.07, 6.45) is 0. The van der Waals surface area contributed by atoms with Crippen molar-refractivity contribution in [2.24, 2.45) is 0 Å². The van der Waals surface area contributed by atoms with Crippen LogP contribution in [0, 0.1) is 0 Å². The quantitative estimate of drug-likeness (QED) is 0.149. The molecule has 482 valence electrons. The highest BCUT2D eigenvalue weighted by molar-refractivity contribution is 8.00. The molecule has 23 rings (SSSR count). The third-order valence-electron chi connectivity index (χ3n) is 21.7. The monoisotopic (exact) mass is 1370 g/mol. The van der Waals surface area contributed by atoms with E-state index in [2.05, 4.69) is 138 Å². The van der Waals surface area contributed by atoms with Crippen molar-refractivity contribution in [1.82, 2.24) is 9.13 Å². The molecule has 0 saturated carbocycles. The normalized spacial score (nSPS) is 15.6. The summed E-state index contributed by atoms with van der Waals surface area (Å²) in [4.78, 5) is 3.78. The molecule has 0 atom stereocenters. The van der Waals surface area contributed by atoms with Gasteiger partial charge in [0.05, 0.1) is 55.1 Å². The molecule has 0 unspecified atom stereocenters. The lowest BCUT2D eigenvalue weighted by Crippen LogP contribution is -2.60. The van der Waals surface area contributed by atoms with Gasteiger partial charge >= 0.3 is 0 Å². The first-order valence-electron chi connectivity index (χ1n) is 42.5. The molecule has 3 aliphatic heterocycles. The first-order chi connectivity index (χ1) is 58.2. The van der Waals surface area contributed by atoms with E-state index in [1.165, 1.54) is 4.57 Å². The van der Waals surface area contributed by atoms with Crippen molar-refractivity contribution in [2.45, 2.75) is 15.2 Å². The predicted octanol–water partition coefficient (Wildman–Crippen LogP) is 24.1. The minimum Gasteiger partial charge on any atom is -0.457 e. The number of rotatable bonds is 7. The Balaban J connectivity index is 0.855. The molecule has 6 heterocycles. The number of hydrogen-bond donors (Lipinski definition) is 0. The van der Waals surface area contributed by atoms with E-state index in [9.17, 15) is 19.2 Å². The number of anilines is 3. The van der Waals surface area contributed by atoms with E-state index in [-0.39, 0.29) is 55.0 Å². The van der Waals surface area contributed by atoms with Crippen molar-refractivity contribution in [1.29, 1.82) is 0 Å². The second-order valence-corrected chi connectivity index (χ2v) is 29.0. The van der Waals surface area contributed by atoms with Gasteiger partial charge in [0, 0.05) is 96.5 Å². The van der Waals surface area contributed by atoms with Crippen LogP contribution in [0.2, 0.25) is 0 Å². The predicted molar refractivity (Wildman–Crippen MR) is 437 cm³/mol. The Bertz CT molecular complexity index is 7650. The molecule has 16 aromatic carbocycles. The van der Waals surface area contributed by atoms with Gasteiger partial charge in [0.15, 0.2) is 0 Å². The molecule has 0 bridgehead atoms. The van der Waals surface area contributed by atoms with Crippen LogP contribution in [-0.4, -0.2) is 15.8 Å². The third-order valence-corrected chi connectivity index (χ3v) is 24.1. The highest BCUT2D eigenvalue weighted by Gasteiger charge is 2.51. The zero-order valence-electron chi connectivity index (χ0n) is 70.9. The number of ether oxygens (including phenoxy) is 1. The smallest absolute Gasteiger partial charge is 0.249 e. The Kier molecular flexibility index (Phi) is 9.51. The maximum atomic E-state index is 10.0. The number of aromatic nitrogens is 2. The Morgan fingerprint density at radius 1 is 0.346 bits per heavy atom. The summed E-state index contributed by atoms with van der Waals surface area (Å²) in [5, 5.41) is 1.56. The van der Waals surface area contributed by atoms with Crippen LogP contribution in [0.15, 0.2) is 361 Å². The molecule has 0 amide bonds. The van der Waals surface area contributed by atoms with Crippen molar-refractivity contribution in [3.05, 3.63) is 374 Å². The van der Waals surface area contributed by atoms with E-state index in [1.807, 2.05) is 121 Å². The Morgan fingerprint density at radius 2 is 0.846 bits per heavy atom. The summed E-state index contributed by atoms with van der Waals surface area (Å²) >= 11 is 3.22. The molecule has 19 aromatic rings. The topological polar surface area (TPSA) is 22.3 Å². The van der Waals surface area contributed by atoms with Crippen molar-refractivity contribution < 1.29 is 26.7 Å². The molecule has 0 saturated heterocycles. The lowest BCUT2D eigenvalue weighted by atomic mass is 9.34. The average Bonchev–Trinajstić information content (AvgIpc) is 1.21. The van der Waals surface area contributed by atoms with Gasteiger partial charge in [0.1, 0.15) is 11.5 Å². The molecular weight excluding hydrogens is 1300 g/mol. The molecule has 0 radical (unpaired) electrons. The Labute approximate surface area is 631 Å². The van der Waals surface area contributed by atoms with Crippen molar-refractivity contribution in [2.75, 3.05) is 4.90 Å². The summed E-state index contributed by atoms with van der Waals surface area (Å²) in [5.41, 5.74) is 17.3. The second kappa shape index (κ2) is 22.2. The Morgan fingerprint density at radius 3 is 1.47 bits per heavy atom. The van der Waals surface area contributed by atoms with Gasteiger partial charge in [-0.1, -0.05) is 272 Å². The van der Waals surface area contributed by atoms with Crippen LogP contribution in [-0.2, 0) is 5.41 Å². The summed E-state index contributed by atoms with van der Waals surface area (Å²) in [7, 11) is 0. The largest absolute Gasteiger partial charge is 0.457 e. The molecule has 4 nitrogen and oxygen atoms in total. The molecule has 4 aliphatic rings. The maximum Gasteiger partial charge on any atom is 0.249 e. The van der Waals surface area contributed by atoms with E-state index in [4.69, 9.17) is 7.48 Å². The fourth-order valence-electron chi connectivity index (χ4n) is 17.5. The van der Waals surface area contributed by atoms with Crippen molar-refractivity contribution >= 4 is 127 Å². The van der Waals surface area contributed by atoms with Crippen LogP contribution in [0.3, 0.4) is 0 Å². The Hall–Kier alpha value is -12.6. The van der Waals surface area contributed by atoms with Gasteiger partial charge in [-0.15, -0.1) is 11.3 Å². The molecule has 0 N–H and O–H groups in total. The van der Waals surface area contributed by atoms with Gasteiger partial charge in [-0.2, -0.15) is 0 Å². The van der Waals surface area contributed by atoms with E-state index >= 15 is 0 Å². The van der Waals surface area contributed by atoms with Gasteiger partial charge in [0.25, 0.3) is 0 Å². The van der Waals surface area contributed by atoms with E-state index < -0.39 is 109 Å². The fraction of sp³-hybridized carbons (Fsp3) is 0.0103. The summed E-state index contributed by atoms with van der Waals surface area (Å²) in [6.45, 7) is -0.690. The van der Waals surface area contributed by atoms with Crippen LogP contribution in [0.1, 0.15) is 44.2 Å². The lowest BCUT2D eigenvalue weighted by Gasteiger charge is -2.42. The zero-order valence-corrected chi connectivity index (χ0v) is 56.5. The summed E-state index contributed by atoms with van der Waals surface area (Å²) in [5.74, 6) is 1.54. The van der Waals surface area contributed by atoms with E-state index in [0.29, 0.717) is 22.0 Å². The highest BCUT2D eigenvalue weighted by atomic mass is 32.2. The van der Waals surface area contributed by atoms with Crippen LogP contribution in [0.5, 0.6) is 11.5 Å². The first-order valence-corrected chi connectivity index (χ1v) is 36.1. The molecule has 3 aromatic heterocycles. The van der Waals surface area contributed by atoms with Gasteiger partial charge in [-0.25, -0.2) is 0 Å². The minimum absolute atomic E-state index is 0.0776. The molecule has 1 spiro atoms. The molecule has 104 heavy (non-hydrogen) atoms.